The second kappa shape index (κ2) is 7.34. The fourth-order valence-corrected chi connectivity index (χ4v) is 3.63. The summed E-state index contributed by atoms with van der Waals surface area (Å²) in [6.07, 6.45) is 2.14. The Balaban J connectivity index is 1.76. The van der Waals surface area contributed by atoms with E-state index >= 15 is 0 Å². The quantitative estimate of drug-likeness (QED) is 0.916. The molecule has 0 radical (unpaired) electrons. The zero-order valence-electron chi connectivity index (χ0n) is 14.6. The number of piperazine rings is 1. The Bertz CT molecular complexity index is 599. The Hall–Kier alpha value is -1.88. The van der Waals surface area contributed by atoms with E-state index in [1.54, 1.807) is 4.90 Å². The smallest absolute Gasteiger partial charge is 0.226 e. The van der Waals surface area contributed by atoms with E-state index in [0.717, 1.165) is 25.9 Å². The number of benzene rings is 1. The summed E-state index contributed by atoms with van der Waals surface area (Å²) in [5.41, 5.74) is 2.48. The zero-order chi connectivity index (χ0) is 17.1. The van der Waals surface area contributed by atoms with Crippen LogP contribution in [-0.4, -0.2) is 54.8 Å². The molecule has 0 bridgehead atoms. The molecule has 5 heteroatoms. The number of amides is 2. The normalized spacial score (nSPS) is 25.0. The fraction of sp³-hybridized carbons (Fsp3) is 0.579. The van der Waals surface area contributed by atoms with E-state index in [2.05, 4.69) is 36.5 Å². The second-order valence-corrected chi connectivity index (χ2v) is 6.85. The van der Waals surface area contributed by atoms with Crippen LogP contribution < -0.4 is 5.32 Å². The van der Waals surface area contributed by atoms with Gasteiger partial charge in [-0.05, 0) is 24.0 Å². The van der Waals surface area contributed by atoms with Crippen LogP contribution in [0.4, 0.5) is 0 Å². The van der Waals surface area contributed by atoms with Gasteiger partial charge >= 0.3 is 0 Å². The average molecular weight is 329 g/mol. The van der Waals surface area contributed by atoms with Gasteiger partial charge in [0.15, 0.2) is 0 Å². The van der Waals surface area contributed by atoms with Crippen molar-refractivity contribution in [3.63, 3.8) is 0 Å². The van der Waals surface area contributed by atoms with E-state index in [1.165, 1.54) is 11.1 Å². The molecule has 0 saturated carbocycles. The molecule has 1 N–H and O–H groups in total. The second-order valence-electron chi connectivity index (χ2n) is 6.85. The first-order chi connectivity index (χ1) is 11.6. The Morgan fingerprint density at radius 2 is 2.00 bits per heavy atom. The molecule has 2 fully saturated rings. The summed E-state index contributed by atoms with van der Waals surface area (Å²) < 4.78 is 0. The molecule has 2 heterocycles. The summed E-state index contributed by atoms with van der Waals surface area (Å²) in [6, 6.07) is 8.62. The van der Waals surface area contributed by atoms with Crippen LogP contribution in [-0.2, 0) is 16.0 Å². The summed E-state index contributed by atoms with van der Waals surface area (Å²) >= 11 is 0. The van der Waals surface area contributed by atoms with E-state index < -0.39 is 0 Å². The topological polar surface area (TPSA) is 52.7 Å². The first kappa shape index (κ1) is 17.0. The van der Waals surface area contributed by atoms with Gasteiger partial charge < -0.3 is 15.1 Å². The Kier molecular flexibility index (Phi) is 5.19. The molecule has 2 atom stereocenters. The summed E-state index contributed by atoms with van der Waals surface area (Å²) in [7, 11) is 1.81. The summed E-state index contributed by atoms with van der Waals surface area (Å²) in [5, 5.41) is 3.40. The number of piperidine rings is 1. The number of rotatable bonds is 3. The molecule has 2 aliphatic heterocycles. The molecule has 0 aromatic heterocycles. The van der Waals surface area contributed by atoms with E-state index in [0.29, 0.717) is 19.5 Å². The van der Waals surface area contributed by atoms with Crippen molar-refractivity contribution in [3.8, 4) is 0 Å². The molecule has 0 spiro atoms. The van der Waals surface area contributed by atoms with Crippen molar-refractivity contribution in [1.82, 2.24) is 15.1 Å². The number of likely N-dealkylation sites (tertiary alicyclic amines) is 1. The van der Waals surface area contributed by atoms with Crippen LogP contribution in [0.5, 0.6) is 0 Å². The molecule has 24 heavy (non-hydrogen) atoms. The molecular formula is C19H27N3O2. The highest BCUT2D eigenvalue weighted by atomic mass is 16.2. The van der Waals surface area contributed by atoms with Crippen molar-refractivity contribution in [2.45, 2.75) is 32.2 Å². The molecule has 1 aromatic carbocycles. The third-order valence-corrected chi connectivity index (χ3v) is 5.31. The van der Waals surface area contributed by atoms with Gasteiger partial charge in [0.05, 0.1) is 6.04 Å². The summed E-state index contributed by atoms with van der Waals surface area (Å²) in [5.74, 6) is 0.0605. The van der Waals surface area contributed by atoms with E-state index in [4.69, 9.17) is 0 Å². The molecule has 1 aromatic rings. The standard InChI is InChI=1S/C19H27N3O2/c1-3-14-4-6-15(7-5-14)17-13-20-9-11-22(17)19(24)16-8-10-21(2)18(23)12-16/h4-7,16-17,20H,3,8-13H2,1-2H3. The lowest BCUT2D eigenvalue weighted by molar-refractivity contribution is -0.146. The Labute approximate surface area is 144 Å². The lowest BCUT2D eigenvalue weighted by Gasteiger charge is -2.40. The van der Waals surface area contributed by atoms with Gasteiger partial charge in [0.2, 0.25) is 11.8 Å². The first-order valence-corrected chi connectivity index (χ1v) is 8.94. The van der Waals surface area contributed by atoms with Gasteiger partial charge in [0, 0.05) is 45.6 Å². The van der Waals surface area contributed by atoms with Crippen molar-refractivity contribution in [2.75, 3.05) is 33.2 Å². The van der Waals surface area contributed by atoms with E-state index in [9.17, 15) is 9.59 Å². The SMILES string of the molecule is CCc1ccc(C2CNCCN2C(=O)C2CCN(C)C(=O)C2)cc1. The number of aryl methyl sites for hydroxylation is 1. The predicted octanol–water partition coefficient (Wildman–Crippen LogP) is 1.59. The van der Waals surface area contributed by atoms with Crippen molar-refractivity contribution in [1.29, 1.82) is 0 Å². The molecular weight excluding hydrogens is 302 g/mol. The molecule has 2 unspecified atom stereocenters. The van der Waals surface area contributed by atoms with Crippen LogP contribution >= 0.6 is 0 Å². The number of hydrogen-bond donors (Lipinski definition) is 1. The van der Waals surface area contributed by atoms with Crippen LogP contribution in [0.2, 0.25) is 0 Å². The maximum absolute atomic E-state index is 13.0. The maximum atomic E-state index is 13.0. The predicted molar refractivity (Wildman–Crippen MR) is 93.5 cm³/mol. The highest BCUT2D eigenvalue weighted by Gasteiger charge is 2.35. The first-order valence-electron chi connectivity index (χ1n) is 8.94. The lowest BCUT2D eigenvalue weighted by atomic mass is 9.92. The van der Waals surface area contributed by atoms with Crippen molar-refractivity contribution < 1.29 is 9.59 Å². The van der Waals surface area contributed by atoms with E-state index in [-0.39, 0.29) is 23.8 Å². The molecule has 130 valence electrons. The number of nitrogens with one attached hydrogen (secondary N) is 1. The number of hydrogen-bond acceptors (Lipinski definition) is 3. The lowest BCUT2D eigenvalue weighted by Crippen LogP contribution is -2.52. The van der Waals surface area contributed by atoms with Gasteiger partial charge in [-0.25, -0.2) is 0 Å². The molecule has 2 saturated heterocycles. The Morgan fingerprint density at radius 1 is 1.25 bits per heavy atom. The largest absolute Gasteiger partial charge is 0.346 e. The molecule has 5 nitrogen and oxygen atoms in total. The van der Waals surface area contributed by atoms with Gasteiger partial charge in [-0.1, -0.05) is 31.2 Å². The molecule has 2 aliphatic rings. The highest BCUT2D eigenvalue weighted by Crippen LogP contribution is 2.28. The highest BCUT2D eigenvalue weighted by molar-refractivity contribution is 5.87. The maximum Gasteiger partial charge on any atom is 0.226 e. The van der Waals surface area contributed by atoms with Gasteiger partial charge in [-0.3, -0.25) is 9.59 Å². The Morgan fingerprint density at radius 3 is 2.67 bits per heavy atom. The van der Waals surface area contributed by atoms with Crippen molar-refractivity contribution in [2.24, 2.45) is 5.92 Å². The van der Waals surface area contributed by atoms with Crippen molar-refractivity contribution >= 4 is 11.8 Å². The minimum absolute atomic E-state index is 0.0620. The minimum atomic E-state index is -0.163. The summed E-state index contributed by atoms with van der Waals surface area (Å²) in [6.45, 7) is 5.12. The van der Waals surface area contributed by atoms with Gasteiger partial charge in [0.25, 0.3) is 0 Å². The van der Waals surface area contributed by atoms with Gasteiger partial charge in [-0.15, -0.1) is 0 Å². The monoisotopic (exact) mass is 329 g/mol. The minimum Gasteiger partial charge on any atom is -0.346 e. The fourth-order valence-electron chi connectivity index (χ4n) is 3.63. The zero-order valence-corrected chi connectivity index (χ0v) is 14.6. The molecule has 0 aliphatic carbocycles. The van der Waals surface area contributed by atoms with Gasteiger partial charge in [-0.2, -0.15) is 0 Å². The van der Waals surface area contributed by atoms with E-state index in [1.807, 2.05) is 11.9 Å². The summed E-state index contributed by atoms with van der Waals surface area (Å²) in [4.78, 5) is 28.7. The van der Waals surface area contributed by atoms with Crippen LogP contribution in [0.3, 0.4) is 0 Å². The van der Waals surface area contributed by atoms with Crippen LogP contribution in [0.15, 0.2) is 24.3 Å². The number of carbonyl (C=O) groups excluding carboxylic acids is 2. The molecule has 2 amide bonds. The molecule has 3 rings (SSSR count). The number of nitrogens with zero attached hydrogens (tertiary/aromatic N) is 2. The third-order valence-electron chi connectivity index (χ3n) is 5.31. The van der Waals surface area contributed by atoms with Crippen LogP contribution in [0.1, 0.15) is 36.9 Å². The van der Waals surface area contributed by atoms with Crippen LogP contribution in [0.25, 0.3) is 0 Å². The van der Waals surface area contributed by atoms with Crippen molar-refractivity contribution in [3.05, 3.63) is 35.4 Å². The van der Waals surface area contributed by atoms with Crippen LogP contribution in [0, 0.1) is 5.92 Å². The average Bonchev–Trinajstić information content (AvgIpc) is 2.63. The number of carbonyl (C=O) groups is 2. The van der Waals surface area contributed by atoms with Gasteiger partial charge in [0.1, 0.15) is 0 Å². The third kappa shape index (κ3) is 3.46.